The number of rotatable bonds is 24. The van der Waals surface area contributed by atoms with Gasteiger partial charge in [-0.05, 0) is 62.1 Å². The molecule has 1 amide bonds. The van der Waals surface area contributed by atoms with E-state index in [0.29, 0.717) is 161 Å². The van der Waals surface area contributed by atoms with Crippen LogP contribution in [0.2, 0.25) is 0 Å². The van der Waals surface area contributed by atoms with Gasteiger partial charge in [0.15, 0.2) is 0 Å². The Labute approximate surface area is 569 Å². The molecule has 3 unspecified atom stereocenters. The lowest BCUT2D eigenvalue weighted by molar-refractivity contribution is -0.125. The van der Waals surface area contributed by atoms with E-state index in [1.54, 1.807) is 54.6 Å². The third kappa shape index (κ3) is 20.7. The number of hydrogen-bond acceptors (Lipinski definition) is 19. The van der Waals surface area contributed by atoms with E-state index in [1.165, 1.54) is 102 Å². The summed E-state index contributed by atoms with van der Waals surface area (Å²) in [4.78, 5) is 68.2. The second-order valence-corrected chi connectivity index (χ2v) is 30.6. The largest absolute Gasteiger partial charge is 0.496 e. The van der Waals surface area contributed by atoms with Crippen LogP contribution >= 0.6 is 22.1 Å². The van der Waals surface area contributed by atoms with Crippen LogP contribution in [0, 0.1) is 41.4 Å². The van der Waals surface area contributed by atoms with Crippen LogP contribution in [0.15, 0.2) is 72.8 Å². The molecule has 1 aliphatic carbocycles. The van der Waals surface area contributed by atoms with Crippen molar-refractivity contribution in [1.29, 1.82) is 0 Å². The highest BCUT2D eigenvalue weighted by Crippen LogP contribution is 2.39. The Morgan fingerprint density at radius 3 is 1.18 bits per heavy atom. The molecular formula is C71H88N7O16P3. The highest BCUT2D eigenvalue weighted by Gasteiger charge is 2.30. The Kier molecular flexibility index (Phi) is 26.5. The van der Waals surface area contributed by atoms with Gasteiger partial charge in [-0.2, -0.15) is 0 Å². The van der Waals surface area contributed by atoms with Gasteiger partial charge in [-0.25, -0.2) is 15.0 Å². The third-order valence-corrected chi connectivity index (χ3v) is 20.0. The zero-order valence-corrected chi connectivity index (χ0v) is 60.0. The number of nitrogens with zero attached hydrogens (tertiary/aromatic N) is 6. The molecule has 518 valence electrons. The van der Waals surface area contributed by atoms with Crippen LogP contribution in [0.5, 0.6) is 51.7 Å². The molecule has 3 aromatic heterocycles. The van der Waals surface area contributed by atoms with Gasteiger partial charge in [-0.1, -0.05) is 61.2 Å². The Morgan fingerprint density at radius 2 is 0.814 bits per heavy atom. The van der Waals surface area contributed by atoms with Gasteiger partial charge in [0, 0.05) is 144 Å². The van der Waals surface area contributed by atoms with Crippen LogP contribution in [0.4, 0.5) is 0 Å². The molecule has 8 rings (SSSR count). The summed E-state index contributed by atoms with van der Waals surface area (Å²) in [6, 6.07) is 19.8. The highest BCUT2D eigenvalue weighted by atomic mass is 31.2. The molecule has 3 aromatic carbocycles. The van der Waals surface area contributed by atoms with Gasteiger partial charge in [-0.15, -0.1) is 0 Å². The molecule has 1 saturated heterocycles. The molecule has 2 fully saturated rings. The number of methoxy groups -OCH3 is 9. The average Bonchev–Trinajstić information content (AvgIpc) is 0.942. The molecule has 26 heteroatoms. The van der Waals surface area contributed by atoms with Crippen LogP contribution in [0.3, 0.4) is 0 Å². The second-order valence-electron chi connectivity index (χ2n) is 24.0. The average molecular weight is 1390 g/mol. The molecule has 2 aliphatic rings. The van der Waals surface area contributed by atoms with E-state index in [2.05, 4.69) is 55.5 Å². The summed E-state index contributed by atoms with van der Waals surface area (Å²) in [6.45, 7) is 6.83. The Balaban J connectivity index is 1.24. The summed E-state index contributed by atoms with van der Waals surface area (Å²) in [5.41, 5.74) is 3.78. The first-order valence-corrected chi connectivity index (χ1v) is 38.1. The SMILES string of the molecule is COc1cc(OC)c(C#Cc2cc(CN3CCN(Cc4cc(C#Cc5c(OC)cc(OC)cc5OC)cc(P(C)(=O)O)n4)C[C@@H](CCCCNC(=O)C4CCCCC4)N(Cc4cc(C#Cc5c(OC)cc(OC)cc5OC)cc(P(C)(=O)O)n4)CC3)nc(P(C)(=O)O)c2)c(OC)c1. The number of amides is 1. The van der Waals surface area contributed by atoms with Crippen LogP contribution in [0.1, 0.15) is 102 Å². The molecule has 4 N–H and O–H groups in total. The highest BCUT2D eigenvalue weighted by molar-refractivity contribution is 7.65. The first-order chi connectivity index (χ1) is 46.4. The van der Waals surface area contributed by atoms with Crippen molar-refractivity contribution in [3.8, 4) is 87.3 Å². The molecule has 6 aromatic rings. The minimum Gasteiger partial charge on any atom is -0.496 e. The quantitative estimate of drug-likeness (QED) is 0.0256. The molecule has 0 bridgehead atoms. The molecule has 1 saturated carbocycles. The number of pyridine rings is 3. The van der Waals surface area contributed by atoms with E-state index in [9.17, 15) is 33.2 Å². The van der Waals surface area contributed by atoms with Crippen molar-refractivity contribution >= 4 is 44.3 Å². The number of carbonyl (C=O) groups excluding carboxylic acids is 1. The van der Waals surface area contributed by atoms with Crippen LogP contribution < -0.4 is 64.3 Å². The van der Waals surface area contributed by atoms with E-state index in [4.69, 9.17) is 57.6 Å². The van der Waals surface area contributed by atoms with Gasteiger partial charge in [0.1, 0.15) is 84.7 Å². The molecule has 4 atom stereocenters. The maximum atomic E-state index is 13.8. The van der Waals surface area contributed by atoms with Gasteiger partial charge < -0.3 is 62.6 Å². The fourth-order valence-electron chi connectivity index (χ4n) is 11.6. The summed E-state index contributed by atoms with van der Waals surface area (Å²) in [6.07, 6.45) is 6.97. The lowest BCUT2D eigenvalue weighted by atomic mass is 9.88. The molecule has 0 radical (unpaired) electrons. The van der Waals surface area contributed by atoms with Crippen molar-refractivity contribution in [2.24, 2.45) is 5.92 Å². The van der Waals surface area contributed by atoms with Crippen molar-refractivity contribution in [1.82, 2.24) is 35.0 Å². The van der Waals surface area contributed by atoms with Crippen molar-refractivity contribution in [2.75, 3.05) is 123 Å². The second kappa shape index (κ2) is 34.4. The van der Waals surface area contributed by atoms with Crippen molar-refractivity contribution in [2.45, 2.75) is 77.0 Å². The van der Waals surface area contributed by atoms with E-state index in [1.807, 2.05) is 0 Å². The van der Waals surface area contributed by atoms with E-state index in [0.717, 1.165) is 32.1 Å². The molecule has 0 spiro atoms. The topological polar surface area (TPSA) is 272 Å². The fraction of sp³-hybridized carbons (Fsp3) is 0.437. The molecule has 4 heterocycles. The van der Waals surface area contributed by atoms with Gasteiger partial charge in [-0.3, -0.25) is 33.2 Å². The number of hydrogen-bond donors (Lipinski definition) is 4. The molecular weight excluding hydrogens is 1300 g/mol. The smallest absolute Gasteiger partial charge is 0.244 e. The summed E-state index contributed by atoms with van der Waals surface area (Å²) in [7, 11) is 1.67. The first kappa shape index (κ1) is 74.7. The maximum absolute atomic E-state index is 13.8. The van der Waals surface area contributed by atoms with Crippen LogP contribution in [-0.2, 0) is 38.1 Å². The number of benzene rings is 3. The van der Waals surface area contributed by atoms with Crippen molar-refractivity contribution in [3.63, 3.8) is 0 Å². The Morgan fingerprint density at radius 1 is 0.464 bits per heavy atom. The Hall–Kier alpha value is -8.09. The predicted molar refractivity (Wildman–Crippen MR) is 373 cm³/mol. The summed E-state index contributed by atoms with van der Waals surface area (Å²) >= 11 is 0. The normalized spacial score (nSPS) is 16.6. The van der Waals surface area contributed by atoms with Crippen molar-refractivity contribution < 1.29 is 75.8 Å². The van der Waals surface area contributed by atoms with E-state index in [-0.39, 0.29) is 53.8 Å². The molecule has 23 nitrogen and oxygen atoms in total. The summed E-state index contributed by atoms with van der Waals surface area (Å²) in [5.74, 6) is 23.0. The van der Waals surface area contributed by atoms with E-state index < -0.39 is 22.1 Å². The Bertz CT molecular complexity index is 4060. The number of aromatic nitrogens is 3. The number of ether oxygens (including phenoxy) is 9. The zero-order chi connectivity index (χ0) is 70.0. The predicted octanol–water partition coefficient (Wildman–Crippen LogP) is 7.78. The lowest BCUT2D eigenvalue weighted by Gasteiger charge is -2.35. The number of unbranched alkanes of at least 4 members (excludes halogenated alkanes) is 1. The fourth-order valence-corrected chi connectivity index (χ4v) is 13.7. The third-order valence-electron chi connectivity index (χ3n) is 16.8. The van der Waals surface area contributed by atoms with Gasteiger partial charge in [0.05, 0.1) is 81.1 Å². The molecule has 1 aliphatic heterocycles. The molecule has 97 heavy (non-hydrogen) atoms. The van der Waals surface area contributed by atoms with Crippen molar-refractivity contribution in [3.05, 3.63) is 123 Å². The van der Waals surface area contributed by atoms with Gasteiger partial charge in [0.2, 0.25) is 28.0 Å². The number of carbonyl (C=O) groups is 1. The van der Waals surface area contributed by atoms with Gasteiger partial charge >= 0.3 is 0 Å². The monoisotopic (exact) mass is 1390 g/mol. The summed E-state index contributed by atoms with van der Waals surface area (Å²) < 4.78 is 91.7. The van der Waals surface area contributed by atoms with Crippen LogP contribution in [-0.4, -0.2) is 180 Å². The van der Waals surface area contributed by atoms with E-state index >= 15 is 0 Å². The standard InChI is InChI=1S/C71H88N7O16P3/c1-86-56-38-62(89-4)59(63(39-56)90-5)24-21-48-32-52(73-68(35-48)95(10,80)81)44-76-28-29-77(45-53-33-49(36-69(74-53)96(11,82)83)22-25-60-64(91-6)40-57(87-2)41-65(60)92-7)47-55(20-16-17-27-72-71(79)51-18-14-13-15-19-51)78(31-30-76)46-54-34-50(37-70(75-54)97(12,84)85)23-26-61-66(93-8)42-58(88-3)43-67(61)94-9/h32-43,51,55H,13-20,27-31,44-47H2,1-12H3,(H,72,79)(H,80,81)(H,82,83)(H,84,85)/t55-/m1/s1. The summed E-state index contributed by atoms with van der Waals surface area (Å²) in [5, 5.41) is 3.21. The lowest BCUT2D eigenvalue weighted by Crippen LogP contribution is -2.45. The maximum Gasteiger partial charge on any atom is 0.244 e. The zero-order valence-electron chi connectivity index (χ0n) is 57.3. The van der Waals surface area contributed by atoms with Crippen LogP contribution in [0.25, 0.3) is 0 Å². The number of nitrogens with one attached hydrogen (secondary N) is 1. The first-order valence-electron chi connectivity index (χ1n) is 31.8. The minimum atomic E-state index is -4.01. The minimum absolute atomic E-state index is 0.00427. The van der Waals surface area contributed by atoms with Gasteiger partial charge in [0.25, 0.3) is 0 Å².